The van der Waals surface area contributed by atoms with Gasteiger partial charge < -0.3 is 35.3 Å². The van der Waals surface area contributed by atoms with Crippen molar-refractivity contribution in [2.75, 3.05) is 25.5 Å². The van der Waals surface area contributed by atoms with E-state index in [0.29, 0.717) is 51.7 Å². The summed E-state index contributed by atoms with van der Waals surface area (Å²) < 4.78 is 51.3. The number of carbonyl (C=O) groups excluding carboxylic acids is 4. The van der Waals surface area contributed by atoms with Crippen LogP contribution in [0.3, 0.4) is 0 Å². The Hall–Kier alpha value is -4.93. The van der Waals surface area contributed by atoms with Crippen molar-refractivity contribution in [3.63, 3.8) is 0 Å². The van der Waals surface area contributed by atoms with E-state index in [-0.39, 0.29) is 12.0 Å². The third kappa shape index (κ3) is 9.56. The highest BCUT2D eigenvalue weighted by Gasteiger charge is 2.31. The molecule has 258 valence electrons. The number of fused-ring (bicyclic) bond motifs is 2. The number of unbranched alkanes of at least 4 members (excludes halogenated alkanes) is 1. The van der Waals surface area contributed by atoms with Crippen LogP contribution < -0.4 is 21.3 Å². The van der Waals surface area contributed by atoms with E-state index in [2.05, 4.69) is 31.2 Å². The van der Waals surface area contributed by atoms with Gasteiger partial charge in [-0.1, -0.05) is 11.3 Å². The fourth-order valence-electron chi connectivity index (χ4n) is 4.58. The van der Waals surface area contributed by atoms with Crippen molar-refractivity contribution in [2.45, 2.75) is 57.9 Å². The number of rotatable bonds is 12. The molecule has 0 aliphatic heterocycles. The number of thiazole rings is 1. The Morgan fingerprint density at radius 3 is 2.42 bits per heavy atom. The second kappa shape index (κ2) is 14.9. The molecule has 0 radical (unpaired) electrons. The van der Waals surface area contributed by atoms with Gasteiger partial charge in [-0.25, -0.2) is 19.6 Å². The molecule has 0 saturated heterocycles. The number of nitrogens with zero attached hydrogens (tertiary/aromatic N) is 3. The molecule has 4 aromatic rings. The number of benzene rings is 2. The number of methoxy groups -OCH3 is 1. The maximum atomic E-state index is 13.1. The van der Waals surface area contributed by atoms with E-state index < -0.39 is 53.8 Å². The average molecular weight is 692 g/mol. The number of hydrogen-bond donors (Lipinski definition) is 4. The minimum Gasteiger partial charge on any atom is -0.467 e. The lowest BCUT2D eigenvalue weighted by molar-refractivity contribution is -0.145. The number of carbonyl (C=O) groups is 4. The van der Waals surface area contributed by atoms with Crippen LogP contribution in [0, 0.1) is 0 Å². The van der Waals surface area contributed by atoms with Crippen LogP contribution in [0.4, 0.5) is 29.0 Å². The number of aromatic nitrogens is 3. The lowest BCUT2D eigenvalue weighted by Gasteiger charge is -2.20. The molecule has 0 bridgehead atoms. The molecule has 0 spiro atoms. The summed E-state index contributed by atoms with van der Waals surface area (Å²) in [6.07, 6.45) is -3.75. The van der Waals surface area contributed by atoms with Crippen LogP contribution in [-0.2, 0) is 32.3 Å². The van der Waals surface area contributed by atoms with Gasteiger partial charge in [0.2, 0.25) is 11.9 Å². The minimum absolute atomic E-state index is 0.224. The van der Waals surface area contributed by atoms with Crippen molar-refractivity contribution >= 4 is 67.5 Å². The van der Waals surface area contributed by atoms with Crippen molar-refractivity contribution < 1.29 is 41.8 Å². The number of alkyl halides is 3. The number of imidazole rings is 1. The Labute approximate surface area is 277 Å². The highest BCUT2D eigenvalue weighted by atomic mass is 32.1. The summed E-state index contributed by atoms with van der Waals surface area (Å²) in [4.78, 5) is 58.3. The molecule has 17 heteroatoms. The predicted molar refractivity (Wildman–Crippen MR) is 173 cm³/mol. The maximum Gasteiger partial charge on any atom is 0.416 e. The normalized spacial score (nSPS) is 12.4. The molecular weight excluding hydrogens is 655 g/mol. The van der Waals surface area contributed by atoms with Crippen molar-refractivity contribution in [3.8, 4) is 0 Å². The van der Waals surface area contributed by atoms with Crippen LogP contribution in [0.15, 0.2) is 36.4 Å². The number of nitrogens with one attached hydrogen (secondary N) is 4. The van der Waals surface area contributed by atoms with Gasteiger partial charge in [0.05, 0.1) is 40.5 Å². The number of aryl methyl sites for hydroxylation is 1. The number of halogens is 3. The zero-order valence-corrected chi connectivity index (χ0v) is 27.7. The molecule has 48 heavy (non-hydrogen) atoms. The van der Waals surface area contributed by atoms with Gasteiger partial charge >= 0.3 is 18.2 Å². The molecule has 4 N–H and O–H groups in total. The van der Waals surface area contributed by atoms with Gasteiger partial charge in [-0.2, -0.15) is 13.2 Å². The summed E-state index contributed by atoms with van der Waals surface area (Å²) in [5.41, 5.74) is 0.356. The Morgan fingerprint density at radius 1 is 0.979 bits per heavy atom. The third-order valence-electron chi connectivity index (χ3n) is 6.90. The molecule has 0 aliphatic carbocycles. The van der Waals surface area contributed by atoms with Crippen molar-refractivity contribution in [1.82, 2.24) is 30.5 Å². The summed E-state index contributed by atoms with van der Waals surface area (Å²) in [6.45, 7) is 5.17. The smallest absolute Gasteiger partial charge is 0.416 e. The second-order valence-electron chi connectivity index (χ2n) is 11.8. The number of hydrogen-bond acceptors (Lipinski definition) is 10. The van der Waals surface area contributed by atoms with Crippen molar-refractivity contribution in [3.05, 3.63) is 47.5 Å². The molecule has 0 saturated carbocycles. The van der Waals surface area contributed by atoms with E-state index >= 15 is 0 Å². The standard InChI is InChI=1S/C31H36F3N7O6S/c1-30(2,3)47-29(45)35-13-7-6-8-20(26(44)46-5)37-24(42)16-36-25(43)17-9-12-22-21(14-17)38-27(41(22)4)40-28-39-19-11-10-18(31(32,33)34)15-23(19)48-28/h9-12,14-15,20H,6-8,13,16H2,1-5H3,(H,35,45)(H,36,43)(H,37,42)(H,38,39,40)/t20-/m0/s1. The molecule has 2 aromatic heterocycles. The van der Waals surface area contributed by atoms with Gasteiger partial charge in [0.1, 0.15) is 11.6 Å². The van der Waals surface area contributed by atoms with Gasteiger partial charge in [0, 0.05) is 19.2 Å². The van der Waals surface area contributed by atoms with Gasteiger partial charge in [-0.15, -0.1) is 0 Å². The molecule has 0 unspecified atom stereocenters. The molecule has 1 atom stereocenters. The molecule has 0 aliphatic rings. The molecule has 0 fully saturated rings. The van der Waals surface area contributed by atoms with E-state index in [1.165, 1.54) is 19.2 Å². The second-order valence-corrected chi connectivity index (χ2v) is 12.8. The van der Waals surface area contributed by atoms with E-state index in [4.69, 9.17) is 9.47 Å². The number of amides is 3. The number of esters is 1. The van der Waals surface area contributed by atoms with Crippen molar-refractivity contribution in [1.29, 1.82) is 0 Å². The fraction of sp³-hybridized carbons (Fsp3) is 0.419. The summed E-state index contributed by atoms with van der Waals surface area (Å²) in [5.74, 6) is -1.45. The zero-order chi connectivity index (χ0) is 35.2. The summed E-state index contributed by atoms with van der Waals surface area (Å²) in [6, 6.07) is 7.14. The maximum absolute atomic E-state index is 13.1. The molecule has 2 aromatic carbocycles. The SMILES string of the molecule is COC(=O)[C@H](CCCCNC(=O)OC(C)(C)C)NC(=O)CNC(=O)c1ccc2c(c1)nc(Nc1nc3ccc(C(F)(F)F)cc3s1)n2C. The highest BCUT2D eigenvalue weighted by molar-refractivity contribution is 7.22. The topological polar surface area (TPSA) is 166 Å². The van der Waals surface area contributed by atoms with Crippen LogP contribution in [-0.4, -0.2) is 70.3 Å². The Morgan fingerprint density at radius 2 is 1.73 bits per heavy atom. The summed E-state index contributed by atoms with van der Waals surface area (Å²) in [7, 11) is 2.93. The van der Waals surface area contributed by atoms with Crippen LogP contribution in [0.25, 0.3) is 21.3 Å². The Balaban J connectivity index is 1.31. The molecule has 2 heterocycles. The lowest BCUT2D eigenvalue weighted by Crippen LogP contribution is -2.46. The van der Waals surface area contributed by atoms with Crippen LogP contribution >= 0.6 is 11.3 Å². The number of ether oxygens (including phenoxy) is 2. The van der Waals surface area contributed by atoms with E-state index in [1.54, 1.807) is 44.5 Å². The van der Waals surface area contributed by atoms with Crippen molar-refractivity contribution in [2.24, 2.45) is 7.05 Å². The predicted octanol–water partition coefficient (Wildman–Crippen LogP) is 5.03. The Bertz CT molecular complexity index is 1820. The van der Waals surface area contributed by atoms with Gasteiger partial charge in [-0.05, 0) is 76.4 Å². The highest BCUT2D eigenvalue weighted by Crippen LogP contribution is 2.35. The quantitative estimate of drug-likeness (QED) is 0.118. The fourth-order valence-corrected chi connectivity index (χ4v) is 5.48. The van der Waals surface area contributed by atoms with Crippen LogP contribution in [0.1, 0.15) is 56.0 Å². The zero-order valence-electron chi connectivity index (χ0n) is 26.9. The molecule has 13 nitrogen and oxygen atoms in total. The molecular formula is C31H36F3N7O6S. The minimum atomic E-state index is -4.47. The number of alkyl carbamates (subject to hydrolysis) is 1. The van der Waals surface area contributed by atoms with Crippen LogP contribution in [0.5, 0.6) is 0 Å². The first kappa shape index (κ1) is 35.9. The average Bonchev–Trinajstić information content (AvgIpc) is 3.56. The first-order valence-corrected chi connectivity index (χ1v) is 15.7. The van der Waals surface area contributed by atoms with E-state index in [1.807, 2.05) is 0 Å². The lowest BCUT2D eigenvalue weighted by atomic mass is 10.1. The van der Waals surface area contributed by atoms with Crippen LogP contribution in [0.2, 0.25) is 0 Å². The van der Waals surface area contributed by atoms with E-state index in [9.17, 15) is 32.3 Å². The number of anilines is 2. The van der Waals surface area contributed by atoms with Gasteiger partial charge in [0.25, 0.3) is 5.91 Å². The first-order chi connectivity index (χ1) is 22.5. The molecule has 3 amide bonds. The first-order valence-electron chi connectivity index (χ1n) is 14.9. The monoisotopic (exact) mass is 691 g/mol. The summed E-state index contributed by atoms with van der Waals surface area (Å²) in [5, 5.41) is 11.1. The third-order valence-corrected chi connectivity index (χ3v) is 7.83. The van der Waals surface area contributed by atoms with E-state index in [0.717, 1.165) is 23.5 Å². The molecule has 4 rings (SSSR count). The Kier molecular flexibility index (Phi) is 11.1. The largest absolute Gasteiger partial charge is 0.467 e. The van der Waals surface area contributed by atoms with Gasteiger partial charge in [0.15, 0.2) is 5.13 Å². The summed E-state index contributed by atoms with van der Waals surface area (Å²) >= 11 is 1.05. The van der Waals surface area contributed by atoms with Gasteiger partial charge in [-0.3, -0.25) is 9.59 Å².